The summed E-state index contributed by atoms with van der Waals surface area (Å²) in [6.45, 7) is 12.4. The molecule has 0 radical (unpaired) electrons. The van der Waals surface area contributed by atoms with Crippen LogP contribution in [-0.2, 0) is 13.0 Å². The van der Waals surface area contributed by atoms with Crippen LogP contribution >= 0.6 is 0 Å². The summed E-state index contributed by atoms with van der Waals surface area (Å²) < 4.78 is 12.4. The SMILES string of the molecule is C[Si](C)(CCCCO)O[Si](C)(C)O[Si](C)(C)CC(=O)O. The lowest BCUT2D eigenvalue weighted by Gasteiger charge is -2.38. The van der Waals surface area contributed by atoms with Crippen LogP contribution in [0.2, 0.25) is 51.4 Å². The molecule has 0 aromatic rings. The normalized spacial score (nSPS) is 13.6. The van der Waals surface area contributed by atoms with Gasteiger partial charge in [-0.1, -0.05) is 6.42 Å². The largest absolute Gasteiger partial charge is 0.481 e. The predicted octanol–water partition coefficient (Wildman–Crippen LogP) is 2.99. The molecule has 0 saturated heterocycles. The lowest BCUT2D eigenvalue weighted by atomic mass is 10.4. The van der Waals surface area contributed by atoms with Gasteiger partial charge in [-0.3, -0.25) is 4.79 Å². The first kappa shape index (κ1) is 20.0. The van der Waals surface area contributed by atoms with E-state index in [-0.39, 0.29) is 12.7 Å². The van der Waals surface area contributed by atoms with Gasteiger partial charge in [0.15, 0.2) is 16.6 Å². The van der Waals surface area contributed by atoms with Crippen molar-refractivity contribution in [3.63, 3.8) is 0 Å². The molecular formula is C12H30O5Si3. The number of carbonyl (C=O) groups is 1. The second kappa shape index (κ2) is 7.85. The molecule has 0 atom stereocenters. The van der Waals surface area contributed by atoms with Crippen LogP contribution in [-0.4, -0.2) is 48.0 Å². The number of rotatable bonds is 10. The molecule has 20 heavy (non-hydrogen) atoms. The topological polar surface area (TPSA) is 76.0 Å². The Hall–Kier alpha value is 0.000649. The van der Waals surface area contributed by atoms with Crippen LogP contribution in [0.25, 0.3) is 0 Å². The summed E-state index contributed by atoms with van der Waals surface area (Å²) in [5, 5.41) is 17.8. The van der Waals surface area contributed by atoms with E-state index >= 15 is 0 Å². The molecule has 5 nitrogen and oxygen atoms in total. The van der Waals surface area contributed by atoms with Crippen molar-refractivity contribution in [2.75, 3.05) is 6.61 Å². The lowest BCUT2D eigenvalue weighted by Crippen LogP contribution is -2.52. The van der Waals surface area contributed by atoms with Crippen LogP contribution in [0.5, 0.6) is 0 Å². The average Bonchev–Trinajstić information content (AvgIpc) is 2.10. The Kier molecular flexibility index (Phi) is 7.85. The van der Waals surface area contributed by atoms with Crippen LogP contribution < -0.4 is 0 Å². The number of hydrogen-bond acceptors (Lipinski definition) is 4. The van der Waals surface area contributed by atoms with Gasteiger partial charge < -0.3 is 18.4 Å². The monoisotopic (exact) mass is 338 g/mol. The summed E-state index contributed by atoms with van der Waals surface area (Å²) in [4.78, 5) is 10.9. The van der Waals surface area contributed by atoms with Gasteiger partial charge >= 0.3 is 14.5 Å². The van der Waals surface area contributed by atoms with Gasteiger partial charge in [-0.05, 0) is 51.7 Å². The van der Waals surface area contributed by atoms with E-state index in [2.05, 4.69) is 13.1 Å². The Balaban J connectivity index is 4.52. The highest BCUT2D eigenvalue weighted by molar-refractivity contribution is 6.88. The lowest BCUT2D eigenvalue weighted by molar-refractivity contribution is -0.134. The van der Waals surface area contributed by atoms with Crippen molar-refractivity contribution in [1.82, 2.24) is 0 Å². The highest BCUT2D eigenvalue weighted by Gasteiger charge is 2.40. The predicted molar refractivity (Wildman–Crippen MR) is 88.2 cm³/mol. The first-order chi connectivity index (χ1) is 8.89. The van der Waals surface area contributed by atoms with Crippen molar-refractivity contribution >= 4 is 31.2 Å². The molecule has 0 spiro atoms. The second-order valence-corrected chi connectivity index (χ2v) is 19.2. The van der Waals surface area contributed by atoms with Crippen molar-refractivity contribution in [1.29, 1.82) is 0 Å². The van der Waals surface area contributed by atoms with Gasteiger partial charge in [-0.25, -0.2) is 0 Å². The Labute approximate surface area is 125 Å². The third kappa shape index (κ3) is 9.83. The molecule has 0 amide bonds. The van der Waals surface area contributed by atoms with Crippen LogP contribution in [0.1, 0.15) is 12.8 Å². The molecule has 0 aliphatic rings. The van der Waals surface area contributed by atoms with E-state index in [0.717, 1.165) is 18.9 Å². The summed E-state index contributed by atoms with van der Waals surface area (Å²) in [6.07, 6.45) is 1.78. The number of aliphatic hydroxyl groups excluding tert-OH is 1. The molecule has 0 unspecified atom stereocenters. The van der Waals surface area contributed by atoms with E-state index in [0.29, 0.717) is 0 Å². The summed E-state index contributed by atoms with van der Waals surface area (Å²) in [6, 6.07) is 1.10. The van der Waals surface area contributed by atoms with Gasteiger partial charge in [-0.2, -0.15) is 0 Å². The highest BCUT2D eigenvalue weighted by atomic mass is 28.5. The first-order valence-corrected chi connectivity index (χ1v) is 16.2. The van der Waals surface area contributed by atoms with Crippen LogP contribution in [0.4, 0.5) is 0 Å². The standard InChI is InChI=1S/C12H30O5Si3/c1-18(2,10-8-7-9-13)16-20(5,6)17-19(3,4)11-12(14)15/h13H,7-11H2,1-6H3,(H,14,15). The molecule has 0 rings (SSSR count). The van der Waals surface area contributed by atoms with E-state index in [4.69, 9.17) is 18.4 Å². The van der Waals surface area contributed by atoms with E-state index in [1.165, 1.54) is 0 Å². The van der Waals surface area contributed by atoms with Gasteiger partial charge in [0, 0.05) is 6.61 Å². The number of aliphatic hydroxyl groups is 1. The number of carboxylic acid groups (broad SMARTS) is 1. The Bertz CT molecular complexity index is 318. The molecule has 0 heterocycles. The van der Waals surface area contributed by atoms with Gasteiger partial charge in [-0.15, -0.1) is 0 Å². The molecule has 0 fully saturated rings. The molecule has 120 valence electrons. The Morgan fingerprint density at radius 3 is 1.90 bits per heavy atom. The molecule has 0 aliphatic carbocycles. The maximum Gasteiger partial charge on any atom is 0.311 e. The molecule has 0 bridgehead atoms. The van der Waals surface area contributed by atoms with Crippen molar-refractivity contribution in [2.24, 2.45) is 0 Å². The van der Waals surface area contributed by atoms with Crippen LogP contribution in [0.15, 0.2) is 0 Å². The molecular weight excluding hydrogens is 308 g/mol. The molecule has 0 aromatic heterocycles. The maximum absolute atomic E-state index is 10.9. The molecule has 8 heteroatoms. The van der Waals surface area contributed by atoms with Gasteiger partial charge in [0.2, 0.25) is 0 Å². The Morgan fingerprint density at radius 2 is 1.45 bits per heavy atom. The third-order valence-corrected chi connectivity index (χ3v) is 13.9. The maximum atomic E-state index is 10.9. The van der Waals surface area contributed by atoms with Gasteiger partial charge in [0.25, 0.3) is 0 Å². The van der Waals surface area contributed by atoms with E-state index in [1.807, 2.05) is 26.2 Å². The minimum Gasteiger partial charge on any atom is -0.481 e. The quantitative estimate of drug-likeness (QED) is 0.473. The molecule has 0 aromatic carbocycles. The first-order valence-electron chi connectivity index (χ1n) is 7.12. The van der Waals surface area contributed by atoms with Crippen molar-refractivity contribution in [2.45, 2.75) is 64.2 Å². The molecule has 2 N–H and O–H groups in total. The number of unbranched alkanes of at least 4 members (excludes halogenated alkanes) is 1. The minimum absolute atomic E-state index is 0.110. The fourth-order valence-electron chi connectivity index (χ4n) is 2.47. The summed E-state index contributed by atoms with van der Waals surface area (Å²) in [7, 11) is -6.34. The van der Waals surface area contributed by atoms with Crippen molar-refractivity contribution in [3.05, 3.63) is 0 Å². The summed E-state index contributed by atoms with van der Waals surface area (Å²) >= 11 is 0. The number of carboxylic acids is 1. The third-order valence-electron chi connectivity index (χ3n) is 2.81. The number of hydrogen-bond donors (Lipinski definition) is 2. The van der Waals surface area contributed by atoms with Crippen molar-refractivity contribution < 1.29 is 23.2 Å². The Morgan fingerprint density at radius 1 is 0.950 bits per heavy atom. The van der Waals surface area contributed by atoms with E-state index < -0.39 is 31.2 Å². The summed E-state index contributed by atoms with van der Waals surface area (Å²) in [5.41, 5.74) is 0. The highest BCUT2D eigenvalue weighted by Crippen LogP contribution is 2.25. The zero-order chi connectivity index (χ0) is 16.0. The van der Waals surface area contributed by atoms with Gasteiger partial charge in [0.1, 0.15) is 0 Å². The number of aliphatic carboxylic acids is 1. The summed E-state index contributed by atoms with van der Waals surface area (Å²) in [5.74, 6) is -0.800. The van der Waals surface area contributed by atoms with Crippen LogP contribution in [0, 0.1) is 0 Å². The fourth-order valence-corrected chi connectivity index (χ4v) is 16.2. The minimum atomic E-state index is -2.30. The van der Waals surface area contributed by atoms with Crippen molar-refractivity contribution in [3.8, 4) is 0 Å². The average molecular weight is 339 g/mol. The second-order valence-electron chi connectivity index (χ2n) is 6.87. The zero-order valence-corrected chi connectivity index (χ0v) is 16.7. The van der Waals surface area contributed by atoms with E-state index in [1.54, 1.807) is 0 Å². The fraction of sp³-hybridized carbons (Fsp3) is 0.917. The van der Waals surface area contributed by atoms with Crippen LogP contribution in [0.3, 0.4) is 0 Å². The van der Waals surface area contributed by atoms with Gasteiger partial charge in [0.05, 0.1) is 6.04 Å². The molecule has 0 saturated carbocycles. The van der Waals surface area contributed by atoms with E-state index in [9.17, 15) is 4.79 Å². The molecule has 0 aliphatic heterocycles. The smallest absolute Gasteiger partial charge is 0.311 e. The zero-order valence-electron chi connectivity index (χ0n) is 13.7.